The van der Waals surface area contributed by atoms with Gasteiger partial charge in [-0.05, 0) is 84.6 Å². The molecule has 7 nitrogen and oxygen atoms in total. The minimum Gasteiger partial charge on any atom is -0.497 e. The van der Waals surface area contributed by atoms with Gasteiger partial charge in [0.05, 0.1) is 29.9 Å². The average Bonchev–Trinajstić information content (AvgIpc) is 2.92. The molecule has 1 heterocycles. The zero-order valence-corrected chi connectivity index (χ0v) is 21.5. The van der Waals surface area contributed by atoms with Crippen LogP contribution in [0.15, 0.2) is 83.8 Å². The third-order valence-corrected chi connectivity index (χ3v) is 8.31. The highest BCUT2D eigenvalue weighted by molar-refractivity contribution is 7.92. The highest BCUT2D eigenvalue weighted by atomic mass is 32.2. The van der Waals surface area contributed by atoms with Crippen LogP contribution >= 0.6 is 0 Å². The number of nitrogens with one attached hydrogen (secondary N) is 1. The Kier molecular flexibility index (Phi) is 6.76. The van der Waals surface area contributed by atoms with E-state index in [-0.39, 0.29) is 10.8 Å². The summed E-state index contributed by atoms with van der Waals surface area (Å²) in [5.74, 6) is 0.837. The Morgan fingerprint density at radius 3 is 2.54 bits per heavy atom. The molecule has 1 aliphatic rings. The first kappa shape index (κ1) is 24.6. The van der Waals surface area contributed by atoms with E-state index in [0.29, 0.717) is 54.4 Å². The van der Waals surface area contributed by atoms with Gasteiger partial charge in [0.2, 0.25) is 0 Å². The van der Waals surface area contributed by atoms with E-state index in [4.69, 9.17) is 9.47 Å². The normalized spacial score (nSPS) is 13.2. The highest BCUT2D eigenvalue weighted by Gasteiger charge is 2.29. The number of amides is 1. The summed E-state index contributed by atoms with van der Waals surface area (Å²) >= 11 is 0. The molecule has 0 fully saturated rings. The first-order chi connectivity index (χ1) is 17.9. The van der Waals surface area contributed by atoms with Crippen molar-refractivity contribution in [1.82, 2.24) is 0 Å². The predicted octanol–water partition coefficient (Wildman–Crippen LogP) is 5.64. The Labute approximate surface area is 216 Å². The monoisotopic (exact) mass is 516 g/mol. The Morgan fingerprint density at radius 2 is 1.78 bits per heavy atom. The molecule has 4 aromatic rings. The molecular weight excluding hydrogens is 488 g/mol. The number of nitrogens with zero attached hydrogens (tertiary/aromatic N) is 1. The maximum Gasteiger partial charge on any atom is 0.264 e. The second-order valence-corrected chi connectivity index (χ2v) is 10.6. The number of benzene rings is 4. The number of hydrogen-bond donors (Lipinski definition) is 1. The number of aryl methyl sites for hydroxylation is 1. The Balaban J connectivity index is 1.45. The topological polar surface area (TPSA) is 84.9 Å². The Morgan fingerprint density at radius 1 is 1.00 bits per heavy atom. The van der Waals surface area contributed by atoms with Crippen molar-refractivity contribution in [2.75, 3.05) is 29.9 Å². The maximum atomic E-state index is 13.4. The van der Waals surface area contributed by atoms with Crippen LogP contribution in [-0.4, -0.2) is 34.6 Å². The van der Waals surface area contributed by atoms with Crippen LogP contribution in [0.25, 0.3) is 10.8 Å². The molecule has 4 aromatic carbocycles. The van der Waals surface area contributed by atoms with Gasteiger partial charge in [-0.15, -0.1) is 0 Å². The minimum absolute atomic E-state index is 0.206. The van der Waals surface area contributed by atoms with Crippen LogP contribution in [0.1, 0.15) is 29.3 Å². The van der Waals surface area contributed by atoms with Crippen molar-refractivity contribution in [3.8, 4) is 11.5 Å². The van der Waals surface area contributed by atoms with Crippen molar-refractivity contribution >= 4 is 38.1 Å². The summed E-state index contributed by atoms with van der Waals surface area (Å²) in [7, 11) is -2.20. The smallest absolute Gasteiger partial charge is 0.264 e. The number of sulfonamides is 1. The first-order valence-electron chi connectivity index (χ1n) is 12.2. The third kappa shape index (κ3) is 4.72. The second kappa shape index (κ2) is 10.1. The van der Waals surface area contributed by atoms with Gasteiger partial charge >= 0.3 is 0 Å². The minimum atomic E-state index is -3.74. The molecule has 190 valence electrons. The zero-order valence-electron chi connectivity index (χ0n) is 20.7. The van der Waals surface area contributed by atoms with E-state index in [1.54, 1.807) is 43.5 Å². The molecule has 5 rings (SSSR count). The van der Waals surface area contributed by atoms with Crippen LogP contribution in [0.3, 0.4) is 0 Å². The summed E-state index contributed by atoms with van der Waals surface area (Å²) < 4.78 is 39.2. The first-order valence-corrected chi connectivity index (χ1v) is 13.6. The number of anilines is 2. The lowest BCUT2D eigenvalue weighted by molar-refractivity contribution is 0.102. The van der Waals surface area contributed by atoms with Gasteiger partial charge in [0.25, 0.3) is 15.9 Å². The van der Waals surface area contributed by atoms with Crippen molar-refractivity contribution in [3.63, 3.8) is 0 Å². The molecule has 37 heavy (non-hydrogen) atoms. The molecule has 8 heteroatoms. The van der Waals surface area contributed by atoms with Gasteiger partial charge in [-0.3, -0.25) is 9.10 Å². The number of carbonyl (C=O) groups is 1. The number of fused-ring (bicyclic) bond motifs is 2. The van der Waals surface area contributed by atoms with Crippen LogP contribution in [0.4, 0.5) is 11.4 Å². The van der Waals surface area contributed by atoms with Gasteiger partial charge in [-0.25, -0.2) is 8.42 Å². The van der Waals surface area contributed by atoms with Gasteiger partial charge in [0, 0.05) is 12.2 Å². The van der Waals surface area contributed by atoms with Crippen LogP contribution in [0, 0.1) is 0 Å². The highest BCUT2D eigenvalue weighted by Crippen LogP contribution is 2.35. The SMILES string of the molecule is CCOc1ccc2ccccc2c1C(=O)Nc1ccc2c(c1)CCCN2S(=O)(=O)c1ccc(OC)cc1. The molecule has 0 aromatic heterocycles. The standard InChI is InChI=1S/C29H28N2O5S/c1-3-36-27-17-10-20-7-4-5-9-25(20)28(27)29(32)30-22-11-16-26-21(19-22)8-6-18-31(26)37(33,34)24-14-12-23(35-2)13-15-24/h4-5,7,9-17,19H,3,6,8,18H2,1-2H3,(H,30,32). The number of carbonyl (C=O) groups excluding carboxylic acids is 1. The number of rotatable bonds is 7. The van der Waals surface area contributed by atoms with E-state index in [0.717, 1.165) is 16.3 Å². The van der Waals surface area contributed by atoms with Crippen LogP contribution < -0.4 is 19.1 Å². The lowest BCUT2D eigenvalue weighted by Crippen LogP contribution is -2.35. The number of methoxy groups -OCH3 is 1. The molecule has 0 atom stereocenters. The van der Waals surface area contributed by atoms with Gasteiger partial charge in [-0.1, -0.05) is 30.3 Å². The van der Waals surface area contributed by atoms with E-state index in [1.807, 2.05) is 49.4 Å². The molecule has 0 unspecified atom stereocenters. The summed E-state index contributed by atoms with van der Waals surface area (Å²) in [6, 6.07) is 23.2. The largest absolute Gasteiger partial charge is 0.497 e. The van der Waals surface area contributed by atoms with Gasteiger partial charge < -0.3 is 14.8 Å². The quantitative estimate of drug-likeness (QED) is 0.344. The lowest BCUT2D eigenvalue weighted by Gasteiger charge is -2.31. The molecule has 0 bridgehead atoms. The van der Waals surface area contributed by atoms with Gasteiger partial charge in [0.1, 0.15) is 11.5 Å². The van der Waals surface area contributed by atoms with Gasteiger partial charge in [-0.2, -0.15) is 0 Å². The molecule has 0 saturated carbocycles. The van der Waals surface area contributed by atoms with Gasteiger partial charge in [0.15, 0.2) is 0 Å². The summed E-state index contributed by atoms with van der Waals surface area (Å²) in [6.07, 6.45) is 1.39. The van der Waals surface area contributed by atoms with Crippen LogP contribution in [-0.2, 0) is 16.4 Å². The summed E-state index contributed by atoms with van der Waals surface area (Å²) in [5, 5.41) is 4.75. The number of hydrogen-bond acceptors (Lipinski definition) is 5. The van der Waals surface area contributed by atoms with E-state index in [1.165, 1.54) is 4.31 Å². The molecule has 1 amide bonds. The fraction of sp³-hybridized carbons (Fsp3) is 0.207. The maximum absolute atomic E-state index is 13.4. The van der Waals surface area contributed by atoms with Crippen molar-refractivity contribution in [1.29, 1.82) is 0 Å². The van der Waals surface area contributed by atoms with E-state index in [2.05, 4.69) is 5.32 Å². The van der Waals surface area contributed by atoms with Crippen molar-refractivity contribution in [2.45, 2.75) is 24.7 Å². The van der Waals surface area contributed by atoms with E-state index >= 15 is 0 Å². The average molecular weight is 517 g/mol. The van der Waals surface area contributed by atoms with Crippen molar-refractivity contribution in [3.05, 3.63) is 90.0 Å². The van der Waals surface area contributed by atoms with E-state index < -0.39 is 10.0 Å². The molecule has 0 radical (unpaired) electrons. The molecular formula is C29H28N2O5S. The third-order valence-electron chi connectivity index (χ3n) is 6.48. The lowest BCUT2D eigenvalue weighted by atomic mass is 10.0. The van der Waals surface area contributed by atoms with E-state index in [9.17, 15) is 13.2 Å². The summed E-state index contributed by atoms with van der Waals surface area (Å²) in [6.45, 7) is 2.71. The molecule has 0 saturated heterocycles. The predicted molar refractivity (Wildman–Crippen MR) is 145 cm³/mol. The zero-order chi connectivity index (χ0) is 26.0. The fourth-order valence-corrected chi connectivity index (χ4v) is 6.26. The molecule has 1 aliphatic heterocycles. The summed E-state index contributed by atoms with van der Waals surface area (Å²) in [5.41, 5.74) is 2.56. The fourth-order valence-electron chi connectivity index (χ4n) is 4.72. The van der Waals surface area contributed by atoms with Crippen molar-refractivity contribution < 1.29 is 22.7 Å². The molecule has 0 spiro atoms. The Hall–Kier alpha value is -4.04. The number of ether oxygens (including phenoxy) is 2. The van der Waals surface area contributed by atoms with Crippen LogP contribution in [0.2, 0.25) is 0 Å². The second-order valence-electron chi connectivity index (χ2n) is 8.75. The Bertz CT molecular complexity index is 1570. The summed E-state index contributed by atoms with van der Waals surface area (Å²) in [4.78, 5) is 13.7. The van der Waals surface area contributed by atoms with Crippen molar-refractivity contribution in [2.24, 2.45) is 0 Å². The molecule has 0 aliphatic carbocycles. The van der Waals surface area contributed by atoms with Crippen LogP contribution in [0.5, 0.6) is 11.5 Å². The molecule has 1 N–H and O–H groups in total.